The lowest BCUT2D eigenvalue weighted by Crippen LogP contribution is -2.31. The summed E-state index contributed by atoms with van der Waals surface area (Å²) in [5.74, 6) is 5.56. The smallest absolute Gasteiger partial charge is 0.0704 e. The van der Waals surface area contributed by atoms with Crippen molar-refractivity contribution in [3.05, 3.63) is 33.8 Å². The maximum absolute atomic E-state index is 5.56. The van der Waals surface area contributed by atoms with Gasteiger partial charge in [-0.1, -0.05) is 41.1 Å². The topological polar surface area (TPSA) is 47.3 Å². The highest BCUT2D eigenvalue weighted by Gasteiger charge is 2.13. The summed E-state index contributed by atoms with van der Waals surface area (Å²) < 4.78 is 6.62. The lowest BCUT2D eigenvalue weighted by atomic mass is 10.1. The molecular weight excluding hydrogens is 268 g/mol. The minimum Gasteiger partial charge on any atom is -0.379 e. The Bertz CT molecular complexity index is 331. The average Bonchev–Trinajstić information content (AvgIpc) is 2.29. The molecule has 0 aliphatic rings. The quantitative estimate of drug-likeness (QED) is 0.480. The van der Waals surface area contributed by atoms with Crippen LogP contribution >= 0.6 is 15.9 Å². The van der Waals surface area contributed by atoms with Crippen LogP contribution in [0.1, 0.15) is 30.5 Å². The highest BCUT2D eigenvalue weighted by atomic mass is 79.9. The van der Waals surface area contributed by atoms with Crippen LogP contribution in [0.2, 0.25) is 0 Å². The molecule has 0 heterocycles. The fourth-order valence-corrected chi connectivity index (χ4v) is 2.05. The highest BCUT2D eigenvalue weighted by Crippen LogP contribution is 2.26. The summed E-state index contributed by atoms with van der Waals surface area (Å²) in [5, 5.41) is 0. The Labute approximate surface area is 105 Å². The van der Waals surface area contributed by atoms with Gasteiger partial charge < -0.3 is 4.74 Å². The fourth-order valence-electron chi connectivity index (χ4n) is 1.51. The molecule has 3 N–H and O–H groups in total. The second kappa shape index (κ2) is 7.01. The van der Waals surface area contributed by atoms with Crippen LogP contribution in [0, 0.1) is 6.92 Å². The molecule has 0 aromatic heterocycles. The molecular formula is C12H19BrN2O. The third kappa shape index (κ3) is 3.56. The van der Waals surface area contributed by atoms with Crippen molar-refractivity contribution < 1.29 is 4.74 Å². The standard InChI is InChI=1S/C12H19BrN2O/c1-3-7-16-8-11(15-14)10-6-4-5-9(2)12(10)13/h4-6,11,15H,3,7-8,14H2,1-2H3. The van der Waals surface area contributed by atoms with Gasteiger partial charge in [0.1, 0.15) is 0 Å². The molecule has 90 valence electrons. The number of hydrazine groups is 1. The Kier molecular flexibility index (Phi) is 5.98. The van der Waals surface area contributed by atoms with E-state index in [4.69, 9.17) is 10.6 Å². The van der Waals surface area contributed by atoms with E-state index in [1.807, 2.05) is 6.07 Å². The van der Waals surface area contributed by atoms with E-state index in [2.05, 4.69) is 47.3 Å². The van der Waals surface area contributed by atoms with Gasteiger partial charge in [0, 0.05) is 11.1 Å². The van der Waals surface area contributed by atoms with Crippen molar-refractivity contribution in [2.75, 3.05) is 13.2 Å². The van der Waals surface area contributed by atoms with Crippen LogP contribution in [0.25, 0.3) is 0 Å². The van der Waals surface area contributed by atoms with Crippen LogP contribution in [0.5, 0.6) is 0 Å². The van der Waals surface area contributed by atoms with Crippen molar-refractivity contribution in [2.45, 2.75) is 26.3 Å². The molecule has 0 aliphatic heterocycles. The van der Waals surface area contributed by atoms with E-state index in [0.29, 0.717) is 6.61 Å². The first-order valence-corrected chi connectivity index (χ1v) is 6.28. The Balaban J connectivity index is 2.74. The van der Waals surface area contributed by atoms with Crippen LogP contribution in [-0.2, 0) is 4.74 Å². The van der Waals surface area contributed by atoms with Gasteiger partial charge in [0.05, 0.1) is 12.6 Å². The normalized spacial score (nSPS) is 12.8. The highest BCUT2D eigenvalue weighted by molar-refractivity contribution is 9.10. The van der Waals surface area contributed by atoms with E-state index >= 15 is 0 Å². The monoisotopic (exact) mass is 286 g/mol. The van der Waals surface area contributed by atoms with E-state index in [9.17, 15) is 0 Å². The molecule has 0 spiro atoms. The summed E-state index contributed by atoms with van der Waals surface area (Å²) in [4.78, 5) is 0. The molecule has 1 atom stereocenters. The number of nitrogens with one attached hydrogen (secondary N) is 1. The lowest BCUT2D eigenvalue weighted by molar-refractivity contribution is 0.112. The molecule has 0 saturated heterocycles. The molecule has 1 rings (SSSR count). The van der Waals surface area contributed by atoms with Gasteiger partial charge in [-0.15, -0.1) is 0 Å². The van der Waals surface area contributed by atoms with Crippen LogP contribution in [0.15, 0.2) is 22.7 Å². The summed E-state index contributed by atoms with van der Waals surface area (Å²) in [6, 6.07) is 6.17. The number of rotatable bonds is 6. The van der Waals surface area contributed by atoms with E-state index in [-0.39, 0.29) is 6.04 Å². The summed E-state index contributed by atoms with van der Waals surface area (Å²) in [6.45, 7) is 5.51. The van der Waals surface area contributed by atoms with Crippen molar-refractivity contribution in [1.29, 1.82) is 0 Å². The summed E-state index contributed by atoms with van der Waals surface area (Å²) in [5.41, 5.74) is 5.13. The molecule has 0 aliphatic carbocycles. The van der Waals surface area contributed by atoms with E-state index in [0.717, 1.165) is 23.1 Å². The molecule has 0 saturated carbocycles. The fraction of sp³-hybridized carbons (Fsp3) is 0.500. The maximum atomic E-state index is 5.56. The third-order valence-corrected chi connectivity index (χ3v) is 3.51. The van der Waals surface area contributed by atoms with Crippen LogP contribution in [0.4, 0.5) is 0 Å². The van der Waals surface area contributed by atoms with E-state index in [1.54, 1.807) is 0 Å². The zero-order valence-electron chi connectivity index (χ0n) is 9.79. The van der Waals surface area contributed by atoms with Crippen molar-refractivity contribution in [1.82, 2.24) is 5.43 Å². The first kappa shape index (κ1) is 13.6. The number of ether oxygens (including phenoxy) is 1. The number of aryl methyl sites for hydroxylation is 1. The third-order valence-electron chi connectivity index (χ3n) is 2.43. The van der Waals surface area contributed by atoms with Gasteiger partial charge in [-0.05, 0) is 24.5 Å². The Morgan fingerprint density at radius 3 is 2.88 bits per heavy atom. The zero-order chi connectivity index (χ0) is 12.0. The molecule has 0 amide bonds. The van der Waals surface area contributed by atoms with Crippen molar-refractivity contribution in [3.8, 4) is 0 Å². The van der Waals surface area contributed by atoms with Gasteiger partial charge in [0.15, 0.2) is 0 Å². The van der Waals surface area contributed by atoms with Crippen LogP contribution in [0.3, 0.4) is 0 Å². The summed E-state index contributed by atoms with van der Waals surface area (Å²) in [7, 11) is 0. The second-order valence-electron chi connectivity index (χ2n) is 3.77. The van der Waals surface area contributed by atoms with Gasteiger partial charge >= 0.3 is 0 Å². The first-order valence-electron chi connectivity index (χ1n) is 5.49. The van der Waals surface area contributed by atoms with E-state index < -0.39 is 0 Å². The molecule has 4 heteroatoms. The van der Waals surface area contributed by atoms with Gasteiger partial charge in [0.2, 0.25) is 0 Å². The van der Waals surface area contributed by atoms with Crippen molar-refractivity contribution >= 4 is 15.9 Å². The van der Waals surface area contributed by atoms with Crippen molar-refractivity contribution in [3.63, 3.8) is 0 Å². The van der Waals surface area contributed by atoms with E-state index in [1.165, 1.54) is 5.56 Å². The number of nitrogens with two attached hydrogens (primary N) is 1. The Hall–Kier alpha value is -0.420. The second-order valence-corrected chi connectivity index (χ2v) is 4.57. The zero-order valence-corrected chi connectivity index (χ0v) is 11.4. The average molecular weight is 287 g/mol. The molecule has 0 bridgehead atoms. The predicted molar refractivity (Wildman–Crippen MR) is 70.1 cm³/mol. The number of halogens is 1. The molecule has 1 aromatic carbocycles. The molecule has 0 radical (unpaired) electrons. The lowest BCUT2D eigenvalue weighted by Gasteiger charge is -2.18. The molecule has 0 fully saturated rings. The number of benzene rings is 1. The van der Waals surface area contributed by atoms with Gasteiger partial charge in [-0.3, -0.25) is 11.3 Å². The maximum Gasteiger partial charge on any atom is 0.0704 e. The molecule has 1 unspecified atom stereocenters. The van der Waals surface area contributed by atoms with Crippen LogP contribution in [-0.4, -0.2) is 13.2 Å². The molecule has 3 nitrogen and oxygen atoms in total. The number of hydrogen-bond donors (Lipinski definition) is 2. The Morgan fingerprint density at radius 1 is 1.50 bits per heavy atom. The Morgan fingerprint density at radius 2 is 2.25 bits per heavy atom. The van der Waals surface area contributed by atoms with Gasteiger partial charge in [-0.2, -0.15) is 0 Å². The van der Waals surface area contributed by atoms with Crippen LogP contribution < -0.4 is 11.3 Å². The van der Waals surface area contributed by atoms with Gasteiger partial charge in [0.25, 0.3) is 0 Å². The van der Waals surface area contributed by atoms with Gasteiger partial charge in [-0.25, -0.2) is 0 Å². The predicted octanol–water partition coefficient (Wildman–Crippen LogP) is 2.69. The first-order chi connectivity index (χ1) is 7.70. The number of hydrogen-bond acceptors (Lipinski definition) is 3. The SMILES string of the molecule is CCCOCC(NN)c1cccc(C)c1Br. The molecule has 1 aromatic rings. The minimum absolute atomic E-state index is 0.0285. The summed E-state index contributed by atoms with van der Waals surface area (Å²) in [6.07, 6.45) is 1.02. The minimum atomic E-state index is 0.0285. The molecule has 16 heavy (non-hydrogen) atoms. The summed E-state index contributed by atoms with van der Waals surface area (Å²) >= 11 is 3.58. The van der Waals surface area contributed by atoms with Crippen molar-refractivity contribution in [2.24, 2.45) is 5.84 Å². The largest absolute Gasteiger partial charge is 0.379 e.